The third kappa shape index (κ3) is 4.43. The van der Waals surface area contributed by atoms with Crippen molar-refractivity contribution < 1.29 is 26.5 Å². The molecule has 0 heterocycles. The fourth-order valence-electron chi connectivity index (χ4n) is 1.75. The normalized spacial score (nSPS) is 11.1. The minimum atomic E-state index is -4.19. The van der Waals surface area contributed by atoms with Gasteiger partial charge in [-0.15, -0.1) is 0 Å². The van der Waals surface area contributed by atoms with E-state index >= 15 is 0 Å². The van der Waals surface area contributed by atoms with Crippen LogP contribution in [0.4, 0.5) is 4.39 Å². The number of carbonyl (C=O) groups excluding carboxylic acids is 1. The molecule has 0 aliphatic heterocycles. The smallest absolute Gasteiger partial charge is 0.340 e. The van der Waals surface area contributed by atoms with E-state index in [2.05, 4.69) is 4.74 Å². The molecule has 0 saturated carbocycles. The van der Waals surface area contributed by atoms with Gasteiger partial charge in [0.25, 0.3) is 0 Å². The maximum atomic E-state index is 13.0. The van der Waals surface area contributed by atoms with Crippen LogP contribution in [0.3, 0.4) is 0 Å². The second kappa shape index (κ2) is 6.97. The van der Waals surface area contributed by atoms with Crippen LogP contribution in [0.15, 0.2) is 47.4 Å². The van der Waals surface area contributed by atoms with Crippen LogP contribution >= 0.6 is 11.6 Å². The largest absolute Gasteiger partial charge is 0.469 e. The molecule has 0 aliphatic rings. The van der Waals surface area contributed by atoms with E-state index in [1.54, 1.807) is 0 Å². The molecule has 0 aliphatic carbocycles. The summed E-state index contributed by atoms with van der Waals surface area (Å²) < 4.78 is 46.7. The van der Waals surface area contributed by atoms with E-state index in [-0.39, 0.29) is 22.1 Å². The second-order valence-corrected chi connectivity index (χ2v) is 6.43. The first-order valence-corrected chi connectivity index (χ1v) is 8.16. The summed E-state index contributed by atoms with van der Waals surface area (Å²) in [6, 6.07) is 8.75. The Kier molecular flexibility index (Phi) is 5.23. The molecule has 5 nitrogen and oxygen atoms in total. The Hall–Kier alpha value is -2.12. The van der Waals surface area contributed by atoms with Gasteiger partial charge < -0.3 is 8.92 Å². The molecule has 0 bridgehead atoms. The lowest BCUT2D eigenvalue weighted by molar-refractivity contribution is -0.139. The molecule has 2 rings (SSSR count). The molecule has 122 valence electrons. The van der Waals surface area contributed by atoms with Crippen LogP contribution in [0.1, 0.15) is 5.56 Å². The topological polar surface area (TPSA) is 69.7 Å². The minimum Gasteiger partial charge on any atom is -0.469 e. The monoisotopic (exact) mass is 358 g/mol. The lowest BCUT2D eigenvalue weighted by Crippen LogP contribution is -2.10. The number of carbonyl (C=O) groups is 1. The van der Waals surface area contributed by atoms with Gasteiger partial charge in [0.2, 0.25) is 0 Å². The number of ether oxygens (including phenoxy) is 1. The summed E-state index contributed by atoms with van der Waals surface area (Å²) in [6.07, 6.45) is 0.0628. The molecule has 0 unspecified atom stereocenters. The number of esters is 1. The summed E-state index contributed by atoms with van der Waals surface area (Å²) in [7, 11) is -2.91. The third-order valence-electron chi connectivity index (χ3n) is 2.87. The Morgan fingerprint density at radius 2 is 1.83 bits per heavy atom. The lowest BCUT2D eigenvalue weighted by Gasteiger charge is -2.09. The highest BCUT2D eigenvalue weighted by atomic mass is 35.5. The highest BCUT2D eigenvalue weighted by molar-refractivity contribution is 7.87. The predicted molar refractivity (Wildman–Crippen MR) is 81.4 cm³/mol. The number of hydrogen-bond donors (Lipinski definition) is 0. The number of benzene rings is 2. The minimum absolute atomic E-state index is 0.0407. The van der Waals surface area contributed by atoms with E-state index in [9.17, 15) is 17.6 Å². The summed E-state index contributed by atoms with van der Waals surface area (Å²) in [5.41, 5.74) is 0.640. The molecule has 0 aromatic heterocycles. The maximum Gasteiger partial charge on any atom is 0.340 e. The van der Waals surface area contributed by atoms with E-state index < -0.39 is 21.9 Å². The van der Waals surface area contributed by atoms with Gasteiger partial charge in [-0.3, -0.25) is 4.79 Å². The first kappa shape index (κ1) is 17.2. The number of methoxy groups -OCH3 is 1. The van der Waals surface area contributed by atoms with Gasteiger partial charge in [-0.2, -0.15) is 8.42 Å². The van der Waals surface area contributed by atoms with Gasteiger partial charge in [0.1, 0.15) is 16.5 Å². The van der Waals surface area contributed by atoms with Gasteiger partial charge in [0.05, 0.1) is 18.6 Å². The molecule has 8 heteroatoms. The summed E-state index contributed by atoms with van der Waals surface area (Å²) in [5.74, 6) is -1.02. The molecule has 0 fully saturated rings. The van der Waals surface area contributed by atoms with Gasteiger partial charge >= 0.3 is 16.1 Å². The third-order valence-corrected chi connectivity index (χ3v) is 4.60. The van der Waals surface area contributed by atoms with Crippen LogP contribution in [-0.4, -0.2) is 21.5 Å². The Balaban J connectivity index is 2.19. The molecule has 2 aromatic carbocycles. The second-order valence-electron chi connectivity index (χ2n) is 4.51. The molecule has 0 N–H and O–H groups in total. The van der Waals surface area contributed by atoms with Crippen LogP contribution in [0, 0.1) is 5.82 Å². The van der Waals surface area contributed by atoms with E-state index in [1.807, 2.05) is 0 Å². The molecule has 0 spiro atoms. The van der Waals surface area contributed by atoms with Gasteiger partial charge in [-0.25, -0.2) is 4.39 Å². The van der Waals surface area contributed by atoms with Crippen LogP contribution in [0.5, 0.6) is 5.75 Å². The summed E-state index contributed by atoms with van der Waals surface area (Å²) in [5, 5.41) is -0.271. The molecule has 0 saturated heterocycles. The van der Waals surface area contributed by atoms with Crippen LogP contribution in [0.2, 0.25) is 5.02 Å². The molecule has 23 heavy (non-hydrogen) atoms. The van der Waals surface area contributed by atoms with Crippen LogP contribution in [0.25, 0.3) is 0 Å². The van der Waals surface area contributed by atoms with Gasteiger partial charge in [-0.1, -0.05) is 23.7 Å². The van der Waals surface area contributed by atoms with Crippen LogP contribution in [-0.2, 0) is 26.1 Å². The Morgan fingerprint density at radius 1 is 1.17 bits per heavy atom. The summed E-state index contributed by atoms with van der Waals surface area (Å²) >= 11 is 5.73. The van der Waals surface area contributed by atoms with Crippen molar-refractivity contribution in [1.29, 1.82) is 0 Å². The maximum absolute atomic E-state index is 13.0. The van der Waals surface area contributed by atoms with Crippen molar-refractivity contribution in [1.82, 2.24) is 0 Å². The van der Waals surface area contributed by atoms with Crippen molar-refractivity contribution in [2.75, 3.05) is 7.11 Å². The van der Waals surface area contributed by atoms with E-state index in [1.165, 1.54) is 31.4 Å². The molecule has 0 amide bonds. The Morgan fingerprint density at radius 3 is 2.39 bits per heavy atom. The summed E-state index contributed by atoms with van der Waals surface area (Å²) in [4.78, 5) is 10.8. The first-order valence-electron chi connectivity index (χ1n) is 6.37. The molecular weight excluding hydrogens is 347 g/mol. The highest BCUT2D eigenvalue weighted by Crippen LogP contribution is 2.26. The van der Waals surface area contributed by atoms with E-state index in [0.717, 1.165) is 18.2 Å². The fraction of sp³-hybridized carbons (Fsp3) is 0.133. The standard InChI is InChI=1S/C15H12ClFO5S/c1-21-15(18)8-10-2-5-12(6-3-10)22-23(19,20)14-7-4-11(17)9-13(14)16/h2-7,9H,8H2,1H3. The van der Waals surface area contributed by atoms with Crippen molar-refractivity contribution in [2.45, 2.75) is 11.3 Å². The lowest BCUT2D eigenvalue weighted by atomic mass is 10.1. The average molecular weight is 359 g/mol. The van der Waals surface area contributed by atoms with Crippen molar-refractivity contribution >= 4 is 27.7 Å². The van der Waals surface area contributed by atoms with Crippen molar-refractivity contribution in [2.24, 2.45) is 0 Å². The molecule has 0 atom stereocenters. The van der Waals surface area contributed by atoms with E-state index in [4.69, 9.17) is 15.8 Å². The molecule has 2 aromatic rings. The molecule has 0 radical (unpaired) electrons. The fourth-order valence-corrected chi connectivity index (χ4v) is 3.19. The van der Waals surface area contributed by atoms with Gasteiger partial charge in [0, 0.05) is 0 Å². The van der Waals surface area contributed by atoms with Gasteiger partial charge in [-0.05, 0) is 35.9 Å². The summed E-state index contributed by atoms with van der Waals surface area (Å²) in [6.45, 7) is 0. The van der Waals surface area contributed by atoms with Crippen molar-refractivity contribution in [3.63, 3.8) is 0 Å². The number of hydrogen-bond acceptors (Lipinski definition) is 5. The van der Waals surface area contributed by atoms with E-state index in [0.29, 0.717) is 5.56 Å². The zero-order chi connectivity index (χ0) is 17.0. The quantitative estimate of drug-likeness (QED) is 0.607. The number of rotatable bonds is 5. The van der Waals surface area contributed by atoms with Crippen molar-refractivity contribution in [3.8, 4) is 5.75 Å². The zero-order valence-electron chi connectivity index (χ0n) is 12.0. The number of halogens is 2. The highest BCUT2D eigenvalue weighted by Gasteiger charge is 2.20. The SMILES string of the molecule is COC(=O)Cc1ccc(OS(=O)(=O)c2ccc(F)cc2Cl)cc1. The molecular formula is C15H12ClFO5S. The first-order chi connectivity index (χ1) is 10.8. The predicted octanol–water partition coefficient (Wildman–Crippen LogP) is 2.96. The Labute approximate surface area is 137 Å². The van der Waals surface area contributed by atoms with Crippen LogP contribution < -0.4 is 4.18 Å². The Bertz CT molecular complexity index is 818. The zero-order valence-corrected chi connectivity index (χ0v) is 13.5. The van der Waals surface area contributed by atoms with Gasteiger partial charge in [0.15, 0.2) is 0 Å². The van der Waals surface area contributed by atoms with Crippen molar-refractivity contribution in [3.05, 3.63) is 58.9 Å². The average Bonchev–Trinajstić information content (AvgIpc) is 2.48.